The Morgan fingerprint density at radius 3 is 2.18 bits per heavy atom. The molecule has 51 heavy (non-hydrogen) atoms. The van der Waals surface area contributed by atoms with Gasteiger partial charge in [-0.25, -0.2) is 0 Å². The van der Waals surface area contributed by atoms with E-state index in [1.165, 1.54) is 60.9 Å². The topological polar surface area (TPSA) is 224 Å². The molecule has 0 fully saturated rings. The molecule has 1 aliphatic carbocycles. The van der Waals surface area contributed by atoms with Crippen LogP contribution in [0.4, 0.5) is 22.1 Å². The Hall–Kier alpha value is -6.75. The molecule has 1 aliphatic rings. The van der Waals surface area contributed by atoms with E-state index in [4.69, 9.17) is 10.1 Å². The maximum absolute atomic E-state index is 14.0. The van der Waals surface area contributed by atoms with E-state index in [2.05, 4.69) is 21.3 Å². The minimum absolute atomic E-state index is 0.0136. The number of para-hydroxylation sites is 1. The molecule has 2 heterocycles. The number of fused-ring (bicyclic) bond motifs is 1. The lowest BCUT2D eigenvalue weighted by atomic mass is 9.95. The second kappa shape index (κ2) is 14.4. The maximum atomic E-state index is 14.0. The van der Waals surface area contributed by atoms with E-state index in [9.17, 15) is 34.6 Å². The predicted molar refractivity (Wildman–Crippen MR) is 188 cm³/mol. The number of hydrogen-bond donors (Lipinski definition) is 4. The third kappa shape index (κ3) is 7.04. The molecule has 4 N–H and O–H groups in total. The van der Waals surface area contributed by atoms with Crippen molar-refractivity contribution in [1.29, 1.82) is 5.41 Å². The zero-order chi connectivity index (χ0) is 36.2. The van der Waals surface area contributed by atoms with E-state index in [1.54, 1.807) is 24.3 Å². The largest absolute Gasteiger partial charge is 0.496 e. The molecule has 0 radical (unpaired) electrons. The van der Waals surface area contributed by atoms with E-state index in [0.29, 0.717) is 33.0 Å². The maximum Gasteiger partial charge on any atom is 0.298 e. The van der Waals surface area contributed by atoms with E-state index in [1.807, 2.05) is 0 Å². The summed E-state index contributed by atoms with van der Waals surface area (Å²) in [7, 11) is 1.47. The van der Waals surface area contributed by atoms with E-state index < -0.39 is 27.2 Å². The van der Waals surface area contributed by atoms with Gasteiger partial charge in [-0.1, -0.05) is 12.1 Å². The van der Waals surface area contributed by atoms with Crippen LogP contribution in [0.25, 0.3) is 11.3 Å². The number of nitrogens with one attached hydrogen (secondary N) is 4. The molecule has 16 nitrogen and oxygen atoms in total. The molecule has 0 bridgehead atoms. The molecule has 5 aromatic rings. The number of aromatic nitrogens is 2. The minimum Gasteiger partial charge on any atom is -0.496 e. The summed E-state index contributed by atoms with van der Waals surface area (Å²) in [6, 6.07) is 18.1. The summed E-state index contributed by atoms with van der Waals surface area (Å²) >= 11 is 1.34. The summed E-state index contributed by atoms with van der Waals surface area (Å²) in [5.41, 5.74) is 5.90. The number of non-ortho nitro benzene ring substituents is 2. The van der Waals surface area contributed by atoms with Gasteiger partial charge < -0.3 is 10.1 Å². The van der Waals surface area contributed by atoms with Crippen LogP contribution in [-0.2, 0) is 12.8 Å². The standard InChI is InChI=1S/C34H28N8O8S/c1-50-27-8-4-2-6-23(27)25-18-26(34(45)40(39-25)33(44)20-12-16-22(17-13-20)42(48)49)36-32-29(24-7-3-5-9-28(24)51-32)30(35)37-38-31(43)19-10-14-21(15-11-19)41(46)47/h2,4,6,8,10-18,36H,3,5,7,9H2,1H3,(H2,35,37)(H,38,43). The van der Waals surface area contributed by atoms with Crippen LogP contribution in [-0.4, -0.2) is 44.4 Å². The van der Waals surface area contributed by atoms with Gasteiger partial charge in [0, 0.05) is 45.8 Å². The Morgan fingerprint density at radius 2 is 1.53 bits per heavy atom. The molecule has 0 unspecified atom stereocenters. The second-order valence-corrected chi connectivity index (χ2v) is 12.4. The lowest BCUT2D eigenvalue weighted by Gasteiger charge is -2.16. The first kappa shape index (κ1) is 34.1. The molecule has 0 atom stereocenters. The van der Waals surface area contributed by atoms with Crippen LogP contribution in [0.3, 0.4) is 0 Å². The molecule has 3 aromatic carbocycles. The van der Waals surface area contributed by atoms with Crippen molar-refractivity contribution in [1.82, 2.24) is 20.6 Å². The fraction of sp³-hybridized carbons (Fsp3) is 0.147. The number of benzene rings is 3. The summed E-state index contributed by atoms with van der Waals surface area (Å²) in [5.74, 6) is -1.21. The predicted octanol–water partition coefficient (Wildman–Crippen LogP) is 5.37. The van der Waals surface area contributed by atoms with Gasteiger partial charge in [0.25, 0.3) is 28.7 Å². The van der Waals surface area contributed by atoms with Crippen LogP contribution < -0.4 is 26.5 Å². The number of amides is 1. The Labute approximate surface area is 292 Å². The number of carbonyl (C=O) groups is 2. The first-order valence-corrected chi connectivity index (χ1v) is 16.3. The van der Waals surface area contributed by atoms with Gasteiger partial charge in [-0.3, -0.25) is 50.9 Å². The number of nitrogens with zero attached hydrogens (tertiary/aromatic N) is 4. The van der Waals surface area contributed by atoms with Crippen LogP contribution >= 0.6 is 11.3 Å². The zero-order valence-corrected chi connectivity index (χ0v) is 27.6. The average Bonchev–Trinajstić information content (AvgIpc) is 3.52. The van der Waals surface area contributed by atoms with Gasteiger partial charge in [0.05, 0.1) is 28.2 Å². The van der Waals surface area contributed by atoms with Crippen LogP contribution in [0, 0.1) is 25.6 Å². The summed E-state index contributed by atoms with van der Waals surface area (Å²) in [5, 5.41) is 39.0. The number of ether oxygens (including phenoxy) is 1. The van der Waals surface area contributed by atoms with Gasteiger partial charge in [0.1, 0.15) is 22.3 Å². The number of nitro groups is 2. The van der Waals surface area contributed by atoms with Gasteiger partial charge in [0.2, 0.25) is 0 Å². The molecule has 0 aliphatic heterocycles. The number of rotatable bonds is 9. The fourth-order valence-corrected chi connectivity index (χ4v) is 6.90. The monoisotopic (exact) mass is 708 g/mol. The van der Waals surface area contributed by atoms with E-state index in [-0.39, 0.29) is 39.7 Å². The molecule has 0 saturated carbocycles. The van der Waals surface area contributed by atoms with Crippen LogP contribution in [0.1, 0.15) is 49.6 Å². The number of amidine groups is 1. The lowest BCUT2D eigenvalue weighted by Crippen LogP contribution is -2.42. The Kier molecular flexibility index (Phi) is 9.63. The summed E-state index contributed by atoms with van der Waals surface area (Å²) < 4.78 is 6.19. The van der Waals surface area contributed by atoms with Crippen molar-refractivity contribution >= 4 is 51.1 Å². The van der Waals surface area contributed by atoms with Crippen LogP contribution in [0.2, 0.25) is 0 Å². The lowest BCUT2D eigenvalue weighted by molar-refractivity contribution is -0.385. The molecule has 1 amide bonds. The molecular weight excluding hydrogens is 680 g/mol. The van der Waals surface area contributed by atoms with E-state index >= 15 is 0 Å². The quantitative estimate of drug-likeness (QED) is 0.0659. The van der Waals surface area contributed by atoms with E-state index in [0.717, 1.165) is 41.8 Å². The molecule has 258 valence electrons. The highest BCUT2D eigenvalue weighted by Gasteiger charge is 2.26. The zero-order valence-electron chi connectivity index (χ0n) is 26.8. The average molecular weight is 709 g/mol. The van der Waals surface area contributed by atoms with Crippen molar-refractivity contribution < 1.29 is 24.2 Å². The molecule has 6 rings (SSSR count). The number of aryl methyl sites for hydroxylation is 1. The number of hydrazine groups is 1. The Balaban J connectivity index is 1.38. The van der Waals surface area contributed by atoms with Crippen molar-refractivity contribution in [3.63, 3.8) is 0 Å². The summed E-state index contributed by atoms with van der Waals surface area (Å²) in [6.45, 7) is 0. The van der Waals surface area contributed by atoms with Gasteiger partial charge in [0.15, 0.2) is 0 Å². The number of anilines is 2. The molecule has 2 aromatic heterocycles. The molecule has 17 heteroatoms. The highest BCUT2D eigenvalue weighted by Crippen LogP contribution is 2.39. The Bertz CT molecular complexity index is 2270. The summed E-state index contributed by atoms with van der Waals surface area (Å²) in [4.78, 5) is 62.5. The van der Waals surface area contributed by atoms with Gasteiger partial charge in [-0.15, -0.1) is 11.3 Å². The number of nitro benzene ring substituents is 2. The van der Waals surface area contributed by atoms with Gasteiger partial charge in [-0.05, 0) is 73.7 Å². The fourth-order valence-electron chi connectivity index (χ4n) is 5.59. The normalized spacial score (nSPS) is 11.9. The third-order valence-electron chi connectivity index (χ3n) is 8.12. The van der Waals surface area contributed by atoms with Crippen molar-refractivity contribution in [3.05, 3.63) is 137 Å². The smallest absolute Gasteiger partial charge is 0.298 e. The number of carbonyl (C=O) groups excluding carboxylic acids is 2. The van der Waals surface area contributed by atoms with Crippen LogP contribution in [0.5, 0.6) is 5.75 Å². The van der Waals surface area contributed by atoms with Crippen molar-refractivity contribution in [2.45, 2.75) is 25.7 Å². The van der Waals surface area contributed by atoms with Crippen molar-refractivity contribution in [2.75, 3.05) is 12.4 Å². The third-order valence-corrected chi connectivity index (χ3v) is 9.33. The SMILES string of the molecule is COc1ccccc1-c1cc(Nc2sc3c(c2C(=N)NNC(=O)c2ccc([N+](=O)[O-])cc2)CCCC3)c(=O)n(C(=O)c2ccc([N+](=O)[O-])cc2)n1. The second-order valence-electron chi connectivity index (χ2n) is 11.3. The molecule has 0 spiro atoms. The number of methoxy groups -OCH3 is 1. The van der Waals surface area contributed by atoms with Crippen molar-refractivity contribution in [2.24, 2.45) is 0 Å². The molecular formula is C34H28N8O8S. The first-order chi connectivity index (χ1) is 24.5. The minimum atomic E-state index is -0.830. The highest BCUT2D eigenvalue weighted by atomic mass is 32.1. The number of hydrogen-bond acceptors (Lipinski definition) is 12. The van der Waals surface area contributed by atoms with Gasteiger partial charge in [-0.2, -0.15) is 9.78 Å². The van der Waals surface area contributed by atoms with Crippen LogP contribution in [0.15, 0.2) is 83.7 Å². The Morgan fingerprint density at radius 1 is 0.902 bits per heavy atom. The molecule has 0 saturated heterocycles. The van der Waals surface area contributed by atoms with Crippen molar-refractivity contribution in [3.8, 4) is 17.0 Å². The summed E-state index contributed by atoms with van der Waals surface area (Å²) in [6.07, 6.45) is 3.17. The van der Waals surface area contributed by atoms with Gasteiger partial charge >= 0.3 is 0 Å². The highest BCUT2D eigenvalue weighted by molar-refractivity contribution is 7.16. The first-order valence-electron chi connectivity index (χ1n) is 15.4. The number of thiophene rings is 1.